The standard InChI is InChI=1S/C20H18F4N2O6S2/c1-12-6-14(20(22,23)24)3-5-17(12)34(31,32)26-9-18(19(28,10-26)11-27)33(29,30)15-4-2-13(8-25)16(21)7-15/h2-7,18,27-28H,9-11H2,1H3/t18?,19-/m1/s1. The molecule has 34 heavy (non-hydrogen) atoms. The number of hydrogen-bond donors (Lipinski definition) is 2. The largest absolute Gasteiger partial charge is 0.416 e. The number of aliphatic hydroxyl groups is 2. The maximum atomic E-state index is 14.0. The summed E-state index contributed by atoms with van der Waals surface area (Å²) in [5, 5.41) is 27.4. The van der Waals surface area contributed by atoms with Gasteiger partial charge in [0, 0.05) is 13.1 Å². The topological polar surface area (TPSA) is 136 Å². The molecule has 0 radical (unpaired) electrons. The Balaban J connectivity index is 2.03. The number of aliphatic hydroxyl groups excluding tert-OH is 1. The van der Waals surface area contributed by atoms with Crippen molar-refractivity contribution in [3.05, 3.63) is 58.9 Å². The fourth-order valence-electron chi connectivity index (χ4n) is 3.73. The minimum Gasteiger partial charge on any atom is -0.393 e. The van der Waals surface area contributed by atoms with Gasteiger partial charge >= 0.3 is 6.18 Å². The Hall–Kier alpha value is -2.57. The highest BCUT2D eigenvalue weighted by atomic mass is 32.2. The van der Waals surface area contributed by atoms with Gasteiger partial charge in [0.1, 0.15) is 22.7 Å². The van der Waals surface area contributed by atoms with E-state index >= 15 is 0 Å². The fraction of sp³-hybridized carbons (Fsp3) is 0.350. The molecule has 1 fully saturated rings. The van der Waals surface area contributed by atoms with Crippen molar-refractivity contribution in [3.63, 3.8) is 0 Å². The number of rotatable bonds is 5. The summed E-state index contributed by atoms with van der Waals surface area (Å²) in [6.07, 6.45) is -4.71. The second kappa shape index (κ2) is 8.58. The lowest BCUT2D eigenvalue weighted by Crippen LogP contribution is -2.49. The van der Waals surface area contributed by atoms with E-state index in [9.17, 15) is 44.6 Å². The van der Waals surface area contributed by atoms with E-state index in [-0.39, 0.29) is 5.56 Å². The van der Waals surface area contributed by atoms with E-state index in [0.717, 1.165) is 25.1 Å². The second-order valence-corrected chi connectivity index (χ2v) is 11.9. The van der Waals surface area contributed by atoms with Gasteiger partial charge in [-0.05, 0) is 48.9 Å². The van der Waals surface area contributed by atoms with E-state index in [1.54, 1.807) is 0 Å². The molecule has 2 N–H and O–H groups in total. The average molecular weight is 522 g/mol. The third-order valence-corrected chi connectivity index (χ3v) is 9.80. The van der Waals surface area contributed by atoms with E-state index < -0.39 is 83.3 Å². The third-order valence-electron chi connectivity index (χ3n) is 5.58. The van der Waals surface area contributed by atoms with E-state index in [2.05, 4.69) is 0 Å². The zero-order valence-electron chi connectivity index (χ0n) is 17.4. The number of sulfone groups is 1. The zero-order chi connectivity index (χ0) is 25.7. The highest BCUT2D eigenvalue weighted by Crippen LogP contribution is 2.37. The lowest BCUT2D eigenvalue weighted by Gasteiger charge is -2.26. The summed E-state index contributed by atoms with van der Waals surface area (Å²) < 4.78 is 106. The van der Waals surface area contributed by atoms with Crippen molar-refractivity contribution < 1.29 is 44.6 Å². The predicted molar refractivity (Wildman–Crippen MR) is 109 cm³/mol. The average Bonchev–Trinajstić information content (AvgIpc) is 3.12. The van der Waals surface area contributed by atoms with Crippen molar-refractivity contribution in [2.45, 2.75) is 33.7 Å². The summed E-state index contributed by atoms with van der Waals surface area (Å²) in [6, 6.07) is 5.77. The first-order valence-corrected chi connectivity index (χ1v) is 12.5. The van der Waals surface area contributed by atoms with E-state index in [0.29, 0.717) is 22.5 Å². The molecule has 184 valence electrons. The summed E-state index contributed by atoms with van der Waals surface area (Å²) in [5.74, 6) is -1.15. The predicted octanol–water partition coefficient (Wildman–Crippen LogP) is 1.59. The molecule has 1 saturated heterocycles. The number of alkyl halides is 3. The van der Waals surface area contributed by atoms with Crippen molar-refractivity contribution in [2.24, 2.45) is 0 Å². The van der Waals surface area contributed by atoms with Crippen molar-refractivity contribution in [1.82, 2.24) is 4.31 Å². The molecule has 0 aliphatic carbocycles. The van der Waals surface area contributed by atoms with Crippen LogP contribution in [-0.4, -0.2) is 61.9 Å². The van der Waals surface area contributed by atoms with Crippen LogP contribution in [-0.2, 0) is 26.0 Å². The molecule has 1 heterocycles. The number of aryl methyl sites for hydroxylation is 1. The van der Waals surface area contributed by atoms with Crippen LogP contribution in [0.3, 0.4) is 0 Å². The van der Waals surface area contributed by atoms with Crippen LogP contribution in [0.4, 0.5) is 17.6 Å². The first-order valence-electron chi connectivity index (χ1n) is 9.53. The lowest BCUT2D eigenvalue weighted by atomic mass is 10.1. The highest BCUT2D eigenvalue weighted by molar-refractivity contribution is 7.92. The fourth-order valence-corrected chi connectivity index (χ4v) is 7.50. The minimum absolute atomic E-state index is 0.261. The molecule has 0 saturated carbocycles. The van der Waals surface area contributed by atoms with Gasteiger partial charge in [0.25, 0.3) is 0 Å². The molecule has 2 aromatic rings. The van der Waals surface area contributed by atoms with Gasteiger partial charge in [-0.15, -0.1) is 0 Å². The SMILES string of the molecule is Cc1cc(C(F)(F)F)ccc1S(=O)(=O)N1CC(S(=O)(=O)c2ccc(C#N)c(F)c2)[C@](O)(CO)C1. The highest BCUT2D eigenvalue weighted by Gasteiger charge is 2.55. The van der Waals surface area contributed by atoms with Crippen LogP contribution in [0.5, 0.6) is 0 Å². The number of nitriles is 1. The molecular formula is C20H18F4N2O6S2. The Kier molecular flexibility index (Phi) is 6.57. The van der Waals surface area contributed by atoms with Crippen LogP contribution in [0.15, 0.2) is 46.2 Å². The first-order chi connectivity index (χ1) is 15.6. The second-order valence-electron chi connectivity index (χ2n) is 7.82. The molecular weight excluding hydrogens is 504 g/mol. The molecule has 0 bridgehead atoms. The Bertz CT molecular complexity index is 1390. The van der Waals surface area contributed by atoms with E-state index in [1.807, 2.05) is 0 Å². The maximum Gasteiger partial charge on any atom is 0.416 e. The van der Waals surface area contributed by atoms with E-state index in [4.69, 9.17) is 5.26 Å². The van der Waals surface area contributed by atoms with Crippen LogP contribution < -0.4 is 0 Å². The van der Waals surface area contributed by atoms with Crippen LogP contribution in [0.2, 0.25) is 0 Å². The number of benzene rings is 2. The molecule has 0 amide bonds. The summed E-state index contributed by atoms with van der Waals surface area (Å²) in [7, 11) is -9.23. The molecule has 2 aromatic carbocycles. The van der Waals surface area contributed by atoms with Gasteiger partial charge in [0.05, 0.1) is 27.5 Å². The van der Waals surface area contributed by atoms with Crippen LogP contribution in [0.25, 0.3) is 0 Å². The maximum absolute atomic E-state index is 14.0. The Labute approximate surface area is 192 Å². The Morgan fingerprint density at radius 2 is 1.82 bits per heavy atom. The van der Waals surface area contributed by atoms with Gasteiger partial charge in [0.15, 0.2) is 9.84 Å². The van der Waals surface area contributed by atoms with Gasteiger partial charge in [0.2, 0.25) is 10.0 Å². The minimum atomic E-state index is -4.71. The van der Waals surface area contributed by atoms with Gasteiger partial charge in [-0.3, -0.25) is 0 Å². The molecule has 14 heteroatoms. The quantitative estimate of drug-likeness (QED) is 0.570. The Morgan fingerprint density at radius 1 is 1.18 bits per heavy atom. The number of halogens is 4. The van der Waals surface area contributed by atoms with Gasteiger partial charge < -0.3 is 10.2 Å². The van der Waals surface area contributed by atoms with Crippen molar-refractivity contribution in [1.29, 1.82) is 5.26 Å². The van der Waals surface area contributed by atoms with Crippen LogP contribution in [0.1, 0.15) is 16.7 Å². The van der Waals surface area contributed by atoms with E-state index in [1.165, 1.54) is 6.07 Å². The van der Waals surface area contributed by atoms with Crippen molar-refractivity contribution >= 4 is 19.9 Å². The normalized spacial score (nSPS) is 22.0. The van der Waals surface area contributed by atoms with Crippen molar-refractivity contribution in [3.8, 4) is 6.07 Å². The first kappa shape index (κ1) is 26.0. The molecule has 1 unspecified atom stereocenters. The third kappa shape index (κ3) is 4.41. The number of β-amino-alcohol motifs (C(OH)–C–C–N with tert-alkyl or cyclic N) is 1. The van der Waals surface area contributed by atoms with Crippen LogP contribution in [0, 0.1) is 24.1 Å². The molecule has 2 atom stereocenters. The Morgan fingerprint density at radius 3 is 2.32 bits per heavy atom. The molecule has 1 aliphatic heterocycles. The van der Waals surface area contributed by atoms with Gasteiger partial charge in [-0.1, -0.05) is 0 Å². The van der Waals surface area contributed by atoms with Crippen LogP contribution >= 0.6 is 0 Å². The number of hydrogen-bond acceptors (Lipinski definition) is 7. The summed E-state index contributed by atoms with van der Waals surface area (Å²) in [5.41, 5.74) is -4.27. The number of sulfonamides is 1. The zero-order valence-corrected chi connectivity index (χ0v) is 19.0. The summed E-state index contributed by atoms with van der Waals surface area (Å²) in [6.45, 7) is -1.78. The molecule has 1 aliphatic rings. The monoisotopic (exact) mass is 522 g/mol. The molecule has 0 aromatic heterocycles. The smallest absolute Gasteiger partial charge is 0.393 e. The number of nitrogens with zero attached hydrogens (tertiary/aromatic N) is 2. The molecule has 0 spiro atoms. The summed E-state index contributed by atoms with van der Waals surface area (Å²) in [4.78, 5) is -1.19. The van der Waals surface area contributed by atoms with Gasteiger partial charge in [-0.25, -0.2) is 21.2 Å². The molecule has 3 rings (SSSR count). The lowest BCUT2D eigenvalue weighted by molar-refractivity contribution is -0.137. The van der Waals surface area contributed by atoms with Crippen molar-refractivity contribution in [2.75, 3.05) is 19.7 Å². The van der Waals surface area contributed by atoms with Gasteiger partial charge in [-0.2, -0.15) is 22.7 Å². The molecule has 8 nitrogen and oxygen atoms in total. The summed E-state index contributed by atoms with van der Waals surface area (Å²) >= 11 is 0.